The lowest BCUT2D eigenvalue weighted by atomic mass is 10.00. The number of aryl methyl sites for hydroxylation is 1. The minimum atomic E-state index is -3.28. The lowest BCUT2D eigenvalue weighted by Gasteiger charge is -2.43. The van der Waals surface area contributed by atoms with Crippen LogP contribution >= 0.6 is 0 Å². The number of aliphatic hydroxyl groups excluding tert-OH is 2. The van der Waals surface area contributed by atoms with Crippen LogP contribution < -0.4 is 11.2 Å². The first-order valence-corrected chi connectivity index (χ1v) is 8.41. The second kappa shape index (κ2) is 7.75. The molecule has 1 aliphatic heterocycles. The third-order valence-electron chi connectivity index (χ3n) is 4.60. The zero-order valence-electron chi connectivity index (χ0n) is 14.9. The van der Waals surface area contributed by atoms with E-state index in [1.807, 2.05) is 4.98 Å². The molecule has 12 heteroatoms. The summed E-state index contributed by atoms with van der Waals surface area (Å²) >= 11 is 0. The van der Waals surface area contributed by atoms with Crippen LogP contribution in [0.1, 0.15) is 31.7 Å². The van der Waals surface area contributed by atoms with Crippen LogP contribution in [0.15, 0.2) is 15.8 Å². The fourth-order valence-electron chi connectivity index (χ4n) is 2.97. The zero-order valence-corrected chi connectivity index (χ0v) is 14.9. The Bertz CT molecular complexity index is 785. The summed E-state index contributed by atoms with van der Waals surface area (Å²) in [5.41, 5.74) is -5.40. The van der Waals surface area contributed by atoms with Gasteiger partial charge in [-0.25, -0.2) is 13.8 Å². The molecule has 6 N–H and O–H groups in total. The molecule has 0 aliphatic carbocycles. The number of hydroxylamine groups is 2. The highest BCUT2D eigenvalue weighted by molar-refractivity contribution is 5.09. The maximum absolute atomic E-state index is 14.4. The summed E-state index contributed by atoms with van der Waals surface area (Å²) in [5.74, 6) is -3.23. The summed E-state index contributed by atoms with van der Waals surface area (Å²) in [6.07, 6.45) is -4.70. The van der Waals surface area contributed by atoms with Gasteiger partial charge in [0.25, 0.3) is 5.56 Å². The summed E-state index contributed by atoms with van der Waals surface area (Å²) in [4.78, 5) is 25.6. The average molecular weight is 393 g/mol. The second-order valence-electron chi connectivity index (χ2n) is 6.48. The standard InChI is InChI=1S/C15H24FN3O8/c1-3-4-5-10(16)19(26)14(24)11(21)9(7-20)27-15(14,25)18-6-8(2)12(22)17-13(18)23/h6,9-11,20-21,24-26H,3-5,7H2,1-2H3,(H,17,22,23)/t9-,10?,11-,14-,15+/m1/s1. The van der Waals surface area contributed by atoms with Gasteiger partial charge in [-0.05, 0) is 19.8 Å². The molecule has 11 nitrogen and oxygen atoms in total. The first-order chi connectivity index (χ1) is 12.5. The molecule has 0 aromatic carbocycles. The normalized spacial score (nSPS) is 32.2. The summed E-state index contributed by atoms with van der Waals surface area (Å²) in [6, 6.07) is 0. The molecule has 0 radical (unpaired) electrons. The molecule has 27 heavy (non-hydrogen) atoms. The Morgan fingerprint density at radius 2 is 2.07 bits per heavy atom. The van der Waals surface area contributed by atoms with Crippen molar-refractivity contribution in [3.05, 3.63) is 32.6 Å². The molecular weight excluding hydrogens is 369 g/mol. The number of nitrogens with one attached hydrogen (secondary N) is 1. The topological polar surface area (TPSA) is 168 Å². The van der Waals surface area contributed by atoms with Crippen molar-refractivity contribution in [1.29, 1.82) is 0 Å². The van der Waals surface area contributed by atoms with Gasteiger partial charge in [0, 0.05) is 11.8 Å². The highest BCUT2D eigenvalue weighted by Gasteiger charge is 2.71. The van der Waals surface area contributed by atoms with Crippen LogP contribution in [-0.4, -0.2) is 71.1 Å². The Labute approximate surface area is 152 Å². The van der Waals surface area contributed by atoms with Gasteiger partial charge >= 0.3 is 11.6 Å². The van der Waals surface area contributed by atoms with Crippen molar-refractivity contribution in [3.63, 3.8) is 0 Å². The Balaban J connectivity index is 2.62. The monoisotopic (exact) mass is 393 g/mol. The van der Waals surface area contributed by atoms with E-state index in [0.29, 0.717) is 17.4 Å². The number of hydrogen-bond donors (Lipinski definition) is 6. The second-order valence-corrected chi connectivity index (χ2v) is 6.48. The first-order valence-electron chi connectivity index (χ1n) is 8.41. The van der Waals surface area contributed by atoms with Gasteiger partial charge in [0.2, 0.25) is 5.72 Å². The van der Waals surface area contributed by atoms with E-state index < -0.39 is 48.0 Å². The number of aromatic amines is 1. The Hall–Kier alpha value is -1.67. The third kappa shape index (κ3) is 3.33. The van der Waals surface area contributed by atoms with Gasteiger partial charge < -0.3 is 30.4 Å². The van der Waals surface area contributed by atoms with E-state index in [0.717, 1.165) is 6.20 Å². The van der Waals surface area contributed by atoms with E-state index in [4.69, 9.17) is 4.74 Å². The SMILES string of the molecule is CCCCC(F)N(O)[C@@]1(O)[C@H](O)[C@@H](CO)O[C@]1(O)n1cc(C)c(=O)[nH]c1=O. The minimum absolute atomic E-state index is 0.0804. The molecule has 1 aromatic heterocycles. The number of unbranched alkanes of at least 4 members (excludes halogenated alkanes) is 1. The van der Waals surface area contributed by atoms with Crippen LogP contribution in [0.3, 0.4) is 0 Å². The lowest BCUT2D eigenvalue weighted by Crippen LogP contribution is -2.69. The number of alkyl halides is 1. The van der Waals surface area contributed by atoms with Crippen molar-refractivity contribution in [2.45, 2.75) is 63.2 Å². The van der Waals surface area contributed by atoms with Gasteiger partial charge in [-0.1, -0.05) is 13.3 Å². The molecule has 1 fully saturated rings. The predicted octanol–water partition coefficient (Wildman–Crippen LogP) is -1.93. The van der Waals surface area contributed by atoms with Crippen LogP contribution in [0.5, 0.6) is 0 Å². The number of hydrogen-bond acceptors (Lipinski definition) is 9. The summed E-state index contributed by atoms with van der Waals surface area (Å²) in [7, 11) is 0. The van der Waals surface area contributed by atoms with E-state index in [1.165, 1.54) is 6.92 Å². The number of aliphatic hydroxyl groups is 4. The molecule has 1 unspecified atom stereocenters. The number of rotatable bonds is 7. The summed E-state index contributed by atoms with van der Waals surface area (Å²) in [6.45, 7) is 2.11. The molecule has 0 bridgehead atoms. The fourth-order valence-corrected chi connectivity index (χ4v) is 2.97. The van der Waals surface area contributed by atoms with Crippen molar-refractivity contribution in [2.24, 2.45) is 0 Å². The van der Waals surface area contributed by atoms with Gasteiger partial charge in [-0.15, -0.1) is 5.06 Å². The molecular formula is C15H24FN3O8. The zero-order chi connectivity index (χ0) is 20.6. The number of halogens is 1. The van der Waals surface area contributed by atoms with E-state index in [1.54, 1.807) is 6.92 Å². The van der Waals surface area contributed by atoms with E-state index in [9.17, 15) is 39.6 Å². The summed E-state index contributed by atoms with van der Waals surface area (Å²) in [5, 5.41) is 51.4. The predicted molar refractivity (Wildman–Crippen MR) is 87.2 cm³/mol. The molecule has 5 atom stereocenters. The van der Waals surface area contributed by atoms with E-state index >= 15 is 0 Å². The smallest absolute Gasteiger partial charge is 0.332 e. The fraction of sp³-hybridized carbons (Fsp3) is 0.733. The molecule has 1 saturated heterocycles. The van der Waals surface area contributed by atoms with Crippen LogP contribution in [0.2, 0.25) is 0 Å². The Kier molecular flexibility index (Phi) is 6.21. The maximum atomic E-state index is 14.4. The highest BCUT2D eigenvalue weighted by Crippen LogP contribution is 2.44. The largest absolute Gasteiger partial charge is 0.394 e. The molecule has 1 aliphatic rings. The van der Waals surface area contributed by atoms with Crippen LogP contribution in [0.25, 0.3) is 0 Å². The molecule has 2 rings (SSSR count). The molecule has 0 spiro atoms. The van der Waals surface area contributed by atoms with E-state index in [-0.39, 0.29) is 17.0 Å². The average Bonchev–Trinajstić information content (AvgIpc) is 2.84. The van der Waals surface area contributed by atoms with Crippen molar-refractivity contribution in [2.75, 3.05) is 6.61 Å². The van der Waals surface area contributed by atoms with Crippen molar-refractivity contribution < 1.29 is 34.8 Å². The van der Waals surface area contributed by atoms with Crippen LogP contribution in [0, 0.1) is 6.92 Å². The molecule has 1 aromatic rings. The lowest BCUT2D eigenvalue weighted by molar-refractivity contribution is -0.428. The van der Waals surface area contributed by atoms with E-state index in [2.05, 4.69) is 0 Å². The Morgan fingerprint density at radius 1 is 1.44 bits per heavy atom. The molecule has 154 valence electrons. The number of aromatic nitrogens is 2. The van der Waals surface area contributed by atoms with Gasteiger partial charge in [0.15, 0.2) is 6.30 Å². The number of ether oxygens (including phenoxy) is 1. The highest BCUT2D eigenvalue weighted by atomic mass is 19.1. The molecule has 2 heterocycles. The van der Waals surface area contributed by atoms with Gasteiger partial charge in [0.05, 0.1) is 6.61 Å². The number of H-pyrrole nitrogens is 1. The maximum Gasteiger partial charge on any atom is 0.332 e. The first kappa shape index (κ1) is 21.6. The Morgan fingerprint density at radius 3 is 2.63 bits per heavy atom. The molecule has 0 amide bonds. The summed E-state index contributed by atoms with van der Waals surface area (Å²) < 4.78 is 19.8. The van der Waals surface area contributed by atoms with Crippen LogP contribution in [0.4, 0.5) is 4.39 Å². The van der Waals surface area contributed by atoms with Gasteiger partial charge in [-0.3, -0.25) is 9.78 Å². The minimum Gasteiger partial charge on any atom is -0.394 e. The third-order valence-corrected chi connectivity index (χ3v) is 4.60. The quantitative estimate of drug-likeness (QED) is 0.175. The van der Waals surface area contributed by atoms with Crippen molar-refractivity contribution in [1.82, 2.24) is 14.6 Å². The van der Waals surface area contributed by atoms with Gasteiger partial charge in [0.1, 0.15) is 12.2 Å². The number of nitrogens with zero attached hydrogens (tertiary/aromatic N) is 2. The van der Waals surface area contributed by atoms with Crippen LogP contribution in [-0.2, 0) is 10.6 Å². The molecule has 0 saturated carbocycles. The van der Waals surface area contributed by atoms with Crippen molar-refractivity contribution >= 4 is 0 Å². The van der Waals surface area contributed by atoms with Crippen molar-refractivity contribution in [3.8, 4) is 0 Å². The van der Waals surface area contributed by atoms with Gasteiger partial charge in [-0.2, -0.15) is 0 Å².